The minimum absolute atomic E-state index is 0.682. The highest BCUT2D eigenvalue weighted by molar-refractivity contribution is 5.72. The van der Waals surface area contributed by atoms with Gasteiger partial charge in [0.2, 0.25) is 0 Å². The summed E-state index contributed by atoms with van der Waals surface area (Å²) in [7, 11) is 0. The lowest BCUT2D eigenvalue weighted by Gasteiger charge is -1.93. The van der Waals surface area contributed by atoms with E-state index in [0.29, 0.717) is 5.69 Å². The number of aldehydes is 1. The lowest BCUT2D eigenvalue weighted by molar-refractivity contribution is 0.111. The van der Waals surface area contributed by atoms with Gasteiger partial charge in [-0.25, -0.2) is 0 Å². The van der Waals surface area contributed by atoms with Crippen molar-refractivity contribution in [3.63, 3.8) is 0 Å². The predicted molar refractivity (Wildman–Crippen MR) is 49.4 cm³/mol. The van der Waals surface area contributed by atoms with Crippen LogP contribution in [0.1, 0.15) is 42.2 Å². The molecule has 0 saturated carbocycles. The first kappa shape index (κ1) is 9.04. The second-order valence-electron chi connectivity index (χ2n) is 3.04. The number of aryl methyl sites for hydroxylation is 1. The van der Waals surface area contributed by atoms with Crippen LogP contribution >= 0.6 is 0 Å². The second kappa shape index (κ2) is 4.75. The summed E-state index contributed by atoms with van der Waals surface area (Å²) in [5, 5.41) is 0. The van der Waals surface area contributed by atoms with Crippen LogP contribution in [0.2, 0.25) is 0 Å². The molecule has 2 nitrogen and oxygen atoms in total. The number of carbonyl (C=O) groups excluding carboxylic acids is 1. The Morgan fingerprint density at radius 3 is 2.92 bits per heavy atom. The molecule has 1 aromatic heterocycles. The summed E-state index contributed by atoms with van der Waals surface area (Å²) in [5.74, 6) is 0. The molecule has 0 aliphatic carbocycles. The van der Waals surface area contributed by atoms with Gasteiger partial charge in [-0.3, -0.25) is 4.79 Å². The minimum atomic E-state index is 0.682. The molecule has 0 radical (unpaired) electrons. The van der Waals surface area contributed by atoms with Crippen LogP contribution in [-0.4, -0.2) is 11.3 Å². The van der Waals surface area contributed by atoms with Crippen molar-refractivity contribution >= 4 is 6.29 Å². The van der Waals surface area contributed by atoms with Gasteiger partial charge < -0.3 is 4.98 Å². The van der Waals surface area contributed by atoms with Crippen molar-refractivity contribution in [1.82, 2.24) is 4.98 Å². The van der Waals surface area contributed by atoms with Crippen molar-refractivity contribution in [2.24, 2.45) is 0 Å². The summed E-state index contributed by atoms with van der Waals surface area (Å²) in [6.07, 6.45) is 7.57. The summed E-state index contributed by atoms with van der Waals surface area (Å²) in [6, 6.07) is 1.92. The molecule has 0 unspecified atom stereocenters. The lowest BCUT2D eigenvalue weighted by Crippen LogP contribution is -1.81. The smallest absolute Gasteiger partial charge is 0.166 e. The van der Waals surface area contributed by atoms with E-state index in [0.717, 1.165) is 12.7 Å². The van der Waals surface area contributed by atoms with Crippen LogP contribution < -0.4 is 0 Å². The number of aromatic nitrogens is 1. The van der Waals surface area contributed by atoms with E-state index >= 15 is 0 Å². The van der Waals surface area contributed by atoms with E-state index in [1.165, 1.54) is 24.8 Å². The van der Waals surface area contributed by atoms with E-state index in [1.54, 1.807) is 0 Å². The average Bonchev–Trinajstić information content (AvgIpc) is 2.53. The quantitative estimate of drug-likeness (QED) is 0.528. The van der Waals surface area contributed by atoms with Crippen molar-refractivity contribution in [1.29, 1.82) is 0 Å². The molecule has 0 bridgehead atoms. The third-order valence-corrected chi connectivity index (χ3v) is 1.96. The molecule has 0 aliphatic rings. The molecule has 2 heteroatoms. The van der Waals surface area contributed by atoms with Gasteiger partial charge in [0, 0.05) is 6.20 Å². The SMILES string of the molecule is CCCCCc1c[nH]c(C=O)c1. The summed E-state index contributed by atoms with van der Waals surface area (Å²) < 4.78 is 0. The Balaban J connectivity index is 2.36. The number of rotatable bonds is 5. The van der Waals surface area contributed by atoms with Crippen molar-refractivity contribution < 1.29 is 4.79 Å². The molecule has 1 rings (SSSR count). The van der Waals surface area contributed by atoms with E-state index in [1.807, 2.05) is 12.3 Å². The number of aromatic amines is 1. The molecule has 0 atom stereocenters. The Labute approximate surface area is 73.0 Å². The number of unbranched alkanes of at least 4 members (excludes halogenated alkanes) is 2. The van der Waals surface area contributed by atoms with Crippen molar-refractivity contribution in [3.05, 3.63) is 23.5 Å². The topological polar surface area (TPSA) is 32.9 Å². The van der Waals surface area contributed by atoms with E-state index in [9.17, 15) is 4.79 Å². The molecule has 0 saturated heterocycles. The van der Waals surface area contributed by atoms with Crippen LogP contribution in [0.25, 0.3) is 0 Å². The molecular formula is C10H15NO. The molecule has 1 aromatic rings. The number of nitrogens with one attached hydrogen (secondary N) is 1. The zero-order valence-corrected chi connectivity index (χ0v) is 7.47. The van der Waals surface area contributed by atoms with Gasteiger partial charge in [0.1, 0.15) is 0 Å². The summed E-state index contributed by atoms with van der Waals surface area (Å²) >= 11 is 0. The van der Waals surface area contributed by atoms with E-state index in [-0.39, 0.29) is 0 Å². The van der Waals surface area contributed by atoms with Crippen LogP contribution in [0.5, 0.6) is 0 Å². The maximum Gasteiger partial charge on any atom is 0.166 e. The van der Waals surface area contributed by atoms with Gasteiger partial charge in [-0.05, 0) is 24.5 Å². The van der Waals surface area contributed by atoms with Crippen molar-refractivity contribution in [2.75, 3.05) is 0 Å². The first-order valence-corrected chi connectivity index (χ1v) is 4.49. The summed E-state index contributed by atoms with van der Waals surface area (Å²) in [6.45, 7) is 2.19. The first-order chi connectivity index (χ1) is 5.86. The van der Waals surface area contributed by atoms with Gasteiger partial charge in [0.05, 0.1) is 5.69 Å². The average molecular weight is 165 g/mol. The van der Waals surface area contributed by atoms with Gasteiger partial charge in [-0.2, -0.15) is 0 Å². The Morgan fingerprint density at radius 2 is 2.33 bits per heavy atom. The first-order valence-electron chi connectivity index (χ1n) is 4.49. The lowest BCUT2D eigenvalue weighted by atomic mass is 10.1. The van der Waals surface area contributed by atoms with E-state index in [2.05, 4.69) is 11.9 Å². The molecular weight excluding hydrogens is 150 g/mol. The van der Waals surface area contributed by atoms with Gasteiger partial charge in [-0.15, -0.1) is 0 Å². The third kappa shape index (κ3) is 2.53. The third-order valence-electron chi connectivity index (χ3n) is 1.96. The maximum absolute atomic E-state index is 10.3. The fourth-order valence-electron chi connectivity index (χ4n) is 1.25. The molecule has 0 amide bonds. The molecule has 1 heterocycles. The highest BCUT2D eigenvalue weighted by Gasteiger charge is 1.96. The molecule has 0 spiro atoms. The molecule has 0 aliphatic heterocycles. The molecule has 66 valence electrons. The highest BCUT2D eigenvalue weighted by Crippen LogP contribution is 2.07. The highest BCUT2D eigenvalue weighted by atomic mass is 16.1. The molecule has 12 heavy (non-hydrogen) atoms. The zero-order valence-electron chi connectivity index (χ0n) is 7.47. The fourth-order valence-corrected chi connectivity index (χ4v) is 1.25. The van der Waals surface area contributed by atoms with Gasteiger partial charge in [0.25, 0.3) is 0 Å². The van der Waals surface area contributed by atoms with Crippen molar-refractivity contribution in [3.8, 4) is 0 Å². The number of hydrogen-bond acceptors (Lipinski definition) is 1. The molecule has 1 N–H and O–H groups in total. The number of H-pyrrole nitrogens is 1. The fraction of sp³-hybridized carbons (Fsp3) is 0.500. The monoisotopic (exact) mass is 165 g/mol. The predicted octanol–water partition coefficient (Wildman–Crippen LogP) is 2.56. The Morgan fingerprint density at radius 1 is 1.50 bits per heavy atom. The van der Waals surface area contributed by atoms with Crippen molar-refractivity contribution in [2.45, 2.75) is 32.6 Å². The molecule has 0 aromatic carbocycles. The molecule has 0 fully saturated rings. The standard InChI is InChI=1S/C10H15NO/c1-2-3-4-5-9-6-10(8-12)11-7-9/h6-8,11H,2-5H2,1H3. The number of carbonyl (C=O) groups is 1. The summed E-state index contributed by atoms with van der Waals surface area (Å²) in [4.78, 5) is 13.2. The zero-order chi connectivity index (χ0) is 8.81. The summed E-state index contributed by atoms with van der Waals surface area (Å²) in [5.41, 5.74) is 1.92. The Hall–Kier alpha value is -1.05. The van der Waals surface area contributed by atoms with Crippen LogP contribution in [0.3, 0.4) is 0 Å². The van der Waals surface area contributed by atoms with Crippen LogP contribution in [0.15, 0.2) is 12.3 Å². The normalized spacial score (nSPS) is 10.1. The number of hydrogen-bond donors (Lipinski definition) is 1. The van der Waals surface area contributed by atoms with E-state index < -0.39 is 0 Å². The van der Waals surface area contributed by atoms with E-state index in [4.69, 9.17) is 0 Å². The van der Waals surface area contributed by atoms with Gasteiger partial charge in [0.15, 0.2) is 6.29 Å². The second-order valence-corrected chi connectivity index (χ2v) is 3.04. The van der Waals surface area contributed by atoms with Crippen LogP contribution in [0, 0.1) is 0 Å². The van der Waals surface area contributed by atoms with Gasteiger partial charge >= 0.3 is 0 Å². The van der Waals surface area contributed by atoms with Crippen LogP contribution in [-0.2, 0) is 6.42 Å². The van der Waals surface area contributed by atoms with Crippen LogP contribution in [0.4, 0.5) is 0 Å². The Bertz CT molecular complexity index is 240. The largest absolute Gasteiger partial charge is 0.359 e. The maximum atomic E-state index is 10.3. The minimum Gasteiger partial charge on any atom is -0.359 e. The Kier molecular flexibility index (Phi) is 3.58. The van der Waals surface area contributed by atoms with Gasteiger partial charge in [-0.1, -0.05) is 19.8 Å².